The van der Waals surface area contributed by atoms with Crippen molar-refractivity contribution in [1.29, 1.82) is 0 Å². The molecule has 2 heterocycles. The number of amides is 4. The Hall–Kier alpha value is -4.33. The van der Waals surface area contributed by atoms with Crippen molar-refractivity contribution in [1.82, 2.24) is 15.5 Å². The number of hydrogen-bond donors (Lipinski definition) is 2. The summed E-state index contributed by atoms with van der Waals surface area (Å²) < 4.78 is 10.7. The van der Waals surface area contributed by atoms with E-state index in [1.807, 2.05) is 66.7 Å². The second-order valence-electron chi connectivity index (χ2n) is 8.62. The standard InChI is InChI=1S/C27H25N3O5/c1-18(24(31)28-16-20-12-13-22-23(14-20)35-17-34-22)30-25(32)27(29-26(30)33,21-10-6-3-7-11-21)15-19-8-4-2-5-9-19/h2-14,18H,15-17H2,1H3,(H,28,31)(H,29,33). The molecular weight excluding hydrogens is 446 g/mol. The summed E-state index contributed by atoms with van der Waals surface area (Å²) in [7, 11) is 0. The van der Waals surface area contributed by atoms with E-state index < -0.39 is 29.4 Å². The van der Waals surface area contributed by atoms with E-state index >= 15 is 0 Å². The second kappa shape index (κ2) is 9.13. The molecule has 2 aliphatic rings. The maximum absolute atomic E-state index is 13.8. The first-order valence-corrected chi connectivity index (χ1v) is 11.4. The van der Waals surface area contributed by atoms with Crippen molar-refractivity contribution >= 4 is 17.8 Å². The quantitative estimate of drug-likeness (QED) is 0.516. The lowest BCUT2D eigenvalue weighted by Crippen LogP contribution is -2.50. The molecule has 178 valence electrons. The molecule has 3 aromatic rings. The number of carbonyl (C=O) groups excluding carboxylic acids is 3. The zero-order valence-electron chi connectivity index (χ0n) is 19.2. The molecule has 2 aliphatic heterocycles. The summed E-state index contributed by atoms with van der Waals surface area (Å²) in [5.74, 6) is 0.383. The SMILES string of the molecule is CC(C(=O)NCc1ccc2c(c1)OCO2)N1C(=O)NC(Cc2ccccc2)(c2ccccc2)C1=O. The Kier molecular flexibility index (Phi) is 5.86. The Morgan fingerprint density at radius 3 is 2.40 bits per heavy atom. The molecule has 1 fully saturated rings. The molecule has 0 spiro atoms. The Morgan fingerprint density at radius 1 is 0.971 bits per heavy atom. The third kappa shape index (κ3) is 4.19. The summed E-state index contributed by atoms with van der Waals surface area (Å²) in [4.78, 5) is 40.9. The van der Waals surface area contributed by atoms with Crippen LogP contribution in [0.25, 0.3) is 0 Å². The van der Waals surface area contributed by atoms with Gasteiger partial charge in [-0.2, -0.15) is 0 Å². The van der Waals surface area contributed by atoms with Crippen LogP contribution in [0.4, 0.5) is 4.79 Å². The zero-order chi connectivity index (χ0) is 24.4. The number of fused-ring (bicyclic) bond motifs is 1. The molecule has 0 aliphatic carbocycles. The van der Waals surface area contributed by atoms with Gasteiger partial charge in [-0.1, -0.05) is 66.7 Å². The molecule has 2 N–H and O–H groups in total. The minimum atomic E-state index is -1.30. The second-order valence-corrected chi connectivity index (χ2v) is 8.62. The van der Waals surface area contributed by atoms with Crippen molar-refractivity contribution in [2.24, 2.45) is 0 Å². The van der Waals surface area contributed by atoms with Gasteiger partial charge in [-0.25, -0.2) is 9.69 Å². The normalized spacial score (nSPS) is 19.4. The van der Waals surface area contributed by atoms with Gasteiger partial charge in [0.25, 0.3) is 5.91 Å². The van der Waals surface area contributed by atoms with Gasteiger partial charge >= 0.3 is 6.03 Å². The van der Waals surface area contributed by atoms with E-state index in [9.17, 15) is 14.4 Å². The van der Waals surface area contributed by atoms with Gasteiger partial charge in [0.15, 0.2) is 17.0 Å². The number of benzene rings is 3. The molecule has 0 radical (unpaired) electrons. The maximum atomic E-state index is 13.8. The van der Waals surface area contributed by atoms with Gasteiger partial charge in [-0.3, -0.25) is 9.59 Å². The van der Waals surface area contributed by atoms with Crippen molar-refractivity contribution in [3.63, 3.8) is 0 Å². The highest BCUT2D eigenvalue weighted by atomic mass is 16.7. The number of imide groups is 1. The average Bonchev–Trinajstić information content (AvgIpc) is 3.45. The zero-order valence-corrected chi connectivity index (χ0v) is 19.2. The number of nitrogens with one attached hydrogen (secondary N) is 2. The van der Waals surface area contributed by atoms with Gasteiger partial charge in [0, 0.05) is 13.0 Å². The van der Waals surface area contributed by atoms with Gasteiger partial charge in [0.05, 0.1) is 0 Å². The predicted octanol–water partition coefficient (Wildman–Crippen LogP) is 3.11. The first-order chi connectivity index (χ1) is 17.0. The number of rotatable bonds is 7. The molecule has 4 amide bonds. The first-order valence-electron chi connectivity index (χ1n) is 11.4. The Bertz CT molecular complexity index is 1260. The third-order valence-electron chi connectivity index (χ3n) is 6.37. The van der Waals surface area contributed by atoms with Crippen molar-refractivity contribution in [2.45, 2.75) is 31.5 Å². The van der Waals surface area contributed by atoms with Crippen LogP contribution in [-0.2, 0) is 28.1 Å². The topological polar surface area (TPSA) is 97.0 Å². The van der Waals surface area contributed by atoms with Crippen LogP contribution in [-0.4, -0.2) is 35.6 Å². The summed E-state index contributed by atoms with van der Waals surface area (Å²) in [6, 6.07) is 22.4. The molecule has 3 aromatic carbocycles. The van der Waals surface area contributed by atoms with Gasteiger partial charge < -0.3 is 20.1 Å². The molecule has 0 bridgehead atoms. The molecule has 2 unspecified atom stereocenters. The molecule has 0 saturated carbocycles. The van der Waals surface area contributed by atoms with Gasteiger partial charge in [-0.05, 0) is 35.7 Å². The fourth-order valence-corrected chi connectivity index (χ4v) is 4.49. The molecular formula is C27H25N3O5. The van der Waals surface area contributed by atoms with E-state index in [1.165, 1.54) is 0 Å². The number of carbonyl (C=O) groups is 3. The molecule has 8 heteroatoms. The van der Waals surface area contributed by atoms with E-state index in [0.29, 0.717) is 17.1 Å². The number of ether oxygens (including phenoxy) is 2. The van der Waals surface area contributed by atoms with Crippen molar-refractivity contribution < 1.29 is 23.9 Å². The molecule has 0 aromatic heterocycles. The van der Waals surface area contributed by atoms with Crippen molar-refractivity contribution in [3.05, 3.63) is 95.6 Å². The number of hydrogen-bond acceptors (Lipinski definition) is 5. The minimum absolute atomic E-state index is 0.167. The summed E-state index contributed by atoms with van der Waals surface area (Å²) in [6.45, 7) is 1.94. The van der Waals surface area contributed by atoms with E-state index in [-0.39, 0.29) is 19.8 Å². The smallest absolute Gasteiger partial charge is 0.326 e. The monoisotopic (exact) mass is 471 g/mol. The fourth-order valence-electron chi connectivity index (χ4n) is 4.49. The van der Waals surface area contributed by atoms with Crippen molar-refractivity contribution in [2.75, 3.05) is 6.79 Å². The average molecular weight is 472 g/mol. The van der Waals surface area contributed by atoms with E-state index in [2.05, 4.69) is 10.6 Å². The molecule has 35 heavy (non-hydrogen) atoms. The van der Waals surface area contributed by atoms with Gasteiger partial charge in [-0.15, -0.1) is 0 Å². The number of urea groups is 1. The van der Waals surface area contributed by atoms with Crippen LogP contribution in [0.1, 0.15) is 23.6 Å². The Labute approximate surface area is 202 Å². The van der Waals surface area contributed by atoms with E-state index in [0.717, 1.165) is 16.0 Å². The Balaban J connectivity index is 1.36. The van der Waals surface area contributed by atoms with Crippen molar-refractivity contribution in [3.8, 4) is 11.5 Å². The highest BCUT2D eigenvalue weighted by Crippen LogP contribution is 2.34. The van der Waals surface area contributed by atoms with E-state index in [4.69, 9.17) is 9.47 Å². The predicted molar refractivity (Wildman–Crippen MR) is 128 cm³/mol. The van der Waals surface area contributed by atoms with Crippen LogP contribution in [0, 0.1) is 0 Å². The summed E-state index contributed by atoms with van der Waals surface area (Å²) in [5, 5.41) is 5.71. The lowest BCUT2D eigenvalue weighted by molar-refractivity contribution is -0.138. The molecule has 1 saturated heterocycles. The van der Waals surface area contributed by atoms with Crippen LogP contribution in [0.3, 0.4) is 0 Å². The Morgan fingerprint density at radius 2 is 1.66 bits per heavy atom. The molecule has 8 nitrogen and oxygen atoms in total. The summed E-state index contributed by atoms with van der Waals surface area (Å²) >= 11 is 0. The fraction of sp³-hybridized carbons (Fsp3) is 0.222. The third-order valence-corrected chi connectivity index (χ3v) is 6.37. The van der Waals surface area contributed by atoms with Crippen LogP contribution in [0.2, 0.25) is 0 Å². The lowest BCUT2D eigenvalue weighted by Gasteiger charge is -2.28. The molecule has 2 atom stereocenters. The van der Waals surface area contributed by atoms with Crippen LogP contribution < -0.4 is 20.1 Å². The van der Waals surface area contributed by atoms with Gasteiger partial charge in [0.1, 0.15) is 6.04 Å². The summed E-state index contributed by atoms with van der Waals surface area (Å²) in [5.41, 5.74) is 1.07. The molecule has 5 rings (SSSR count). The highest BCUT2D eigenvalue weighted by Gasteiger charge is 2.54. The minimum Gasteiger partial charge on any atom is -0.454 e. The van der Waals surface area contributed by atoms with Crippen LogP contribution in [0.15, 0.2) is 78.9 Å². The van der Waals surface area contributed by atoms with Gasteiger partial charge in [0.2, 0.25) is 12.7 Å². The highest BCUT2D eigenvalue weighted by molar-refractivity contribution is 6.10. The largest absolute Gasteiger partial charge is 0.454 e. The van der Waals surface area contributed by atoms with Crippen LogP contribution in [0.5, 0.6) is 11.5 Å². The van der Waals surface area contributed by atoms with E-state index in [1.54, 1.807) is 19.1 Å². The lowest BCUT2D eigenvalue weighted by atomic mass is 9.83. The first kappa shape index (κ1) is 22.5. The summed E-state index contributed by atoms with van der Waals surface area (Å²) in [6.07, 6.45) is 0.268. The maximum Gasteiger partial charge on any atom is 0.326 e. The van der Waals surface area contributed by atoms with Crippen LogP contribution >= 0.6 is 0 Å². The number of nitrogens with zero attached hydrogens (tertiary/aromatic N) is 1.